The molecule has 0 aromatic rings. The molecule has 0 aromatic carbocycles. The third kappa shape index (κ3) is 3.43. The van der Waals surface area contributed by atoms with Crippen LogP contribution in [0.3, 0.4) is 0 Å². The molecule has 17 heavy (non-hydrogen) atoms. The van der Waals surface area contributed by atoms with Crippen LogP contribution in [0.1, 0.15) is 51.9 Å². The number of carboxylic acids is 1. The molecule has 0 radical (unpaired) electrons. The quantitative estimate of drug-likeness (QED) is 0.642. The highest BCUT2D eigenvalue weighted by molar-refractivity contribution is 5.89. The van der Waals surface area contributed by atoms with E-state index in [-0.39, 0.29) is 5.91 Å². The zero-order chi connectivity index (χ0) is 12.9. The molecule has 1 fully saturated rings. The van der Waals surface area contributed by atoms with E-state index >= 15 is 0 Å². The first-order valence-electron chi connectivity index (χ1n) is 6.33. The van der Waals surface area contributed by atoms with Crippen molar-refractivity contribution in [1.82, 2.24) is 5.32 Å². The molecule has 1 unspecified atom stereocenters. The van der Waals surface area contributed by atoms with Gasteiger partial charge in [-0.1, -0.05) is 32.6 Å². The largest absolute Gasteiger partial charge is 0.480 e. The summed E-state index contributed by atoms with van der Waals surface area (Å²) in [6.45, 7) is 1.81. The van der Waals surface area contributed by atoms with Crippen molar-refractivity contribution in [2.45, 2.75) is 63.5 Å². The second-order valence-corrected chi connectivity index (χ2v) is 4.81. The monoisotopic (exact) mass is 242 g/mol. The third-order valence-electron chi connectivity index (χ3n) is 3.51. The lowest BCUT2D eigenvalue weighted by Crippen LogP contribution is -2.57. The van der Waals surface area contributed by atoms with E-state index in [2.05, 4.69) is 5.32 Å². The summed E-state index contributed by atoms with van der Waals surface area (Å²) in [6.07, 6.45) is 5.27. The predicted octanol–water partition coefficient (Wildman–Crippen LogP) is 1.02. The summed E-state index contributed by atoms with van der Waals surface area (Å²) < 4.78 is 0. The molecule has 4 N–H and O–H groups in total. The molecule has 1 atom stereocenters. The van der Waals surface area contributed by atoms with Gasteiger partial charge in [0.25, 0.3) is 0 Å². The van der Waals surface area contributed by atoms with Crippen LogP contribution < -0.4 is 11.1 Å². The van der Waals surface area contributed by atoms with Crippen molar-refractivity contribution < 1.29 is 14.7 Å². The number of carbonyl (C=O) groups is 2. The van der Waals surface area contributed by atoms with Gasteiger partial charge in [0, 0.05) is 0 Å². The van der Waals surface area contributed by atoms with Gasteiger partial charge in [-0.05, 0) is 19.3 Å². The molecule has 0 saturated heterocycles. The van der Waals surface area contributed by atoms with Gasteiger partial charge in [0.15, 0.2) is 0 Å². The molecule has 98 valence electrons. The van der Waals surface area contributed by atoms with Crippen LogP contribution >= 0.6 is 0 Å². The highest BCUT2D eigenvalue weighted by Gasteiger charge is 2.40. The fraction of sp³-hybridized carbons (Fsp3) is 0.833. The van der Waals surface area contributed by atoms with Crippen molar-refractivity contribution in [3.8, 4) is 0 Å². The highest BCUT2D eigenvalue weighted by atomic mass is 16.4. The molecule has 5 heteroatoms. The summed E-state index contributed by atoms with van der Waals surface area (Å²) in [5, 5.41) is 12.0. The maximum absolute atomic E-state index is 11.8. The SMILES string of the molecule is CCC(N)C(=O)NC1(C(=O)O)CCCCCC1. The van der Waals surface area contributed by atoms with Crippen LogP contribution in [0.5, 0.6) is 0 Å². The smallest absolute Gasteiger partial charge is 0.329 e. The fourth-order valence-electron chi connectivity index (χ4n) is 2.24. The standard InChI is InChI=1S/C12H22N2O3/c1-2-9(13)10(15)14-12(11(16)17)7-5-3-4-6-8-12/h9H,2-8,13H2,1H3,(H,14,15)(H,16,17). The van der Waals surface area contributed by atoms with Crippen LogP contribution in [-0.4, -0.2) is 28.6 Å². The molecular weight excluding hydrogens is 220 g/mol. The first kappa shape index (κ1) is 14.0. The molecule has 1 amide bonds. The Morgan fingerprint density at radius 3 is 2.24 bits per heavy atom. The molecule has 1 saturated carbocycles. The van der Waals surface area contributed by atoms with Gasteiger partial charge in [-0.2, -0.15) is 0 Å². The maximum atomic E-state index is 11.8. The van der Waals surface area contributed by atoms with Crippen LogP contribution in [0.4, 0.5) is 0 Å². The molecule has 0 spiro atoms. The van der Waals surface area contributed by atoms with Crippen molar-refractivity contribution >= 4 is 11.9 Å². The Bertz CT molecular complexity index is 283. The van der Waals surface area contributed by atoms with E-state index in [1.54, 1.807) is 0 Å². The number of aliphatic carboxylic acids is 1. The Labute approximate surface area is 102 Å². The van der Waals surface area contributed by atoms with Gasteiger partial charge in [0.05, 0.1) is 6.04 Å². The molecule has 0 heterocycles. The third-order valence-corrected chi connectivity index (χ3v) is 3.51. The number of amides is 1. The van der Waals surface area contributed by atoms with Crippen molar-refractivity contribution in [1.29, 1.82) is 0 Å². The van der Waals surface area contributed by atoms with Crippen molar-refractivity contribution in [3.63, 3.8) is 0 Å². The lowest BCUT2D eigenvalue weighted by atomic mass is 9.89. The molecule has 0 aliphatic heterocycles. The highest BCUT2D eigenvalue weighted by Crippen LogP contribution is 2.27. The van der Waals surface area contributed by atoms with Gasteiger partial charge in [-0.3, -0.25) is 4.79 Å². The number of nitrogens with one attached hydrogen (secondary N) is 1. The second-order valence-electron chi connectivity index (χ2n) is 4.81. The summed E-state index contributed by atoms with van der Waals surface area (Å²) >= 11 is 0. The van der Waals surface area contributed by atoms with E-state index in [0.717, 1.165) is 25.7 Å². The van der Waals surface area contributed by atoms with E-state index < -0.39 is 17.6 Å². The Balaban J connectivity index is 2.77. The number of carbonyl (C=O) groups excluding carboxylic acids is 1. The van der Waals surface area contributed by atoms with E-state index in [9.17, 15) is 14.7 Å². The minimum atomic E-state index is -1.10. The van der Waals surface area contributed by atoms with Crippen LogP contribution in [0.2, 0.25) is 0 Å². The number of hydrogen-bond acceptors (Lipinski definition) is 3. The van der Waals surface area contributed by atoms with E-state index in [1.165, 1.54) is 0 Å². The number of rotatable bonds is 4. The Hall–Kier alpha value is -1.10. The maximum Gasteiger partial charge on any atom is 0.329 e. The van der Waals surface area contributed by atoms with Gasteiger partial charge in [-0.25, -0.2) is 4.79 Å². The van der Waals surface area contributed by atoms with Crippen LogP contribution in [0.25, 0.3) is 0 Å². The average molecular weight is 242 g/mol. The number of nitrogens with two attached hydrogens (primary N) is 1. The van der Waals surface area contributed by atoms with Gasteiger partial charge in [0.1, 0.15) is 5.54 Å². The van der Waals surface area contributed by atoms with E-state index in [1.807, 2.05) is 6.92 Å². The first-order chi connectivity index (χ1) is 8.02. The van der Waals surface area contributed by atoms with E-state index in [4.69, 9.17) is 5.73 Å². The van der Waals surface area contributed by atoms with Gasteiger partial charge in [-0.15, -0.1) is 0 Å². The molecule has 1 aliphatic carbocycles. The molecular formula is C12H22N2O3. The Morgan fingerprint density at radius 2 is 1.82 bits per heavy atom. The topological polar surface area (TPSA) is 92.4 Å². The minimum Gasteiger partial charge on any atom is -0.480 e. The molecule has 1 aliphatic rings. The second kappa shape index (κ2) is 6.00. The zero-order valence-electron chi connectivity index (χ0n) is 10.4. The Kier molecular flexibility index (Phi) is 4.93. The summed E-state index contributed by atoms with van der Waals surface area (Å²) in [6, 6.07) is -0.616. The molecule has 5 nitrogen and oxygen atoms in total. The van der Waals surface area contributed by atoms with Gasteiger partial charge >= 0.3 is 5.97 Å². The van der Waals surface area contributed by atoms with Gasteiger partial charge < -0.3 is 16.2 Å². The summed E-state index contributed by atoms with van der Waals surface area (Å²) in [5.74, 6) is -1.28. The van der Waals surface area contributed by atoms with Crippen molar-refractivity contribution in [3.05, 3.63) is 0 Å². The Morgan fingerprint density at radius 1 is 1.29 bits per heavy atom. The lowest BCUT2D eigenvalue weighted by molar-refractivity contribution is -0.148. The summed E-state index contributed by atoms with van der Waals surface area (Å²) in [7, 11) is 0. The zero-order valence-corrected chi connectivity index (χ0v) is 10.4. The summed E-state index contributed by atoms with van der Waals surface area (Å²) in [4.78, 5) is 23.2. The van der Waals surface area contributed by atoms with E-state index in [0.29, 0.717) is 19.3 Å². The van der Waals surface area contributed by atoms with Crippen LogP contribution in [0.15, 0.2) is 0 Å². The van der Waals surface area contributed by atoms with Crippen LogP contribution in [-0.2, 0) is 9.59 Å². The van der Waals surface area contributed by atoms with Gasteiger partial charge in [0.2, 0.25) is 5.91 Å². The minimum absolute atomic E-state index is 0.350. The first-order valence-corrected chi connectivity index (χ1v) is 6.33. The number of carboxylic acid groups (broad SMARTS) is 1. The summed E-state index contributed by atoms with van der Waals surface area (Å²) in [5.41, 5.74) is 4.53. The molecule has 0 aromatic heterocycles. The lowest BCUT2D eigenvalue weighted by Gasteiger charge is -2.30. The normalized spacial score (nSPS) is 21.3. The molecule has 0 bridgehead atoms. The average Bonchev–Trinajstić information content (AvgIpc) is 2.54. The fourth-order valence-corrected chi connectivity index (χ4v) is 2.24. The predicted molar refractivity (Wildman–Crippen MR) is 64.5 cm³/mol. The molecule has 1 rings (SSSR count). The van der Waals surface area contributed by atoms with Crippen LogP contribution in [0, 0.1) is 0 Å². The van der Waals surface area contributed by atoms with Crippen molar-refractivity contribution in [2.24, 2.45) is 5.73 Å². The number of hydrogen-bond donors (Lipinski definition) is 3. The van der Waals surface area contributed by atoms with Crippen molar-refractivity contribution in [2.75, 3.05) is 0 Å².